The van der Waals surface area contributed by atoms with Crippen molar-refractivity contribution in [1.82, 2.24) is 36.4 Å². The zero-order valence-corrected chi connectivity index (χ0v) is 45.9. The van der Waals surface area contributed by atoms with E-state index in [1.54, 1.807) is 19.1 Å². The minimum atomic E-state index is -1.86. The van der Waals surface area contributed by atoms with E-state index >= 15 is 0 Å². The SMILES string of the molecule is CCCCCOc1ccc(-c2ccc(-c3ccc(C(=O)NC4CC(O)C(OCC[N+](C)(C)C)NC(=O)C5C(O)C(C)CN5C(=O)C(C(C)O)NC(=O)C(CO)NC(=O)C5CC(O)CN5C(=O)C(C(C)O)NC4=O)cc3)cc2)cc1. The topological polar surface area (TPSA) is 326 Å². The van der Waals surface area contributed by atoms with E-state index in [0.29, 0.717) is 17.6 Å². The van der Waals surface area contributed by atoms with Gasteiger partial charge in [-0.15, -0.1) is 0 Å². The van der Waals surface area contributed by atoms with Crippen LogP contribution in [-0.2, 0) is 33.5 Å². The molecule has 3 aromatic rings. The first-order valence-electron chi connectivity index (χ1n) is 26.9. The van der Waals surface area contributed by atoms with E-state index in [-0.39, 0.29) is 25.1 Å². The number of fused-ring (bicyclic) bond motifs is 2. The Bertz CT molecular complexity index is 2580. The molecule has 3 aliphatic rings. The molecule has 0 spiro atoms. The van der Waals surface area contributed by atoms with Crippen LogP contribution in [0, 0.1) is 5.92 Å². The summed E-state index contributed by atoms with van der Waals surface area (Å²) in [5.74, 6) is -7.22. The van der Waals surface area contributed by atoms with Crippen molar-refractivity contribution in [3.05, 3.63) is 78.4 Å². The summed E-state index contributed by atoms with van der Waals surface area (Å²) in [6.45, 7) is 5.14. The Hall–Kier alpha value is -6.57. The van der Waals surface area contributed by atoms with Gasteiger partial charge in [-0.2, -0.15) is 0 Å². The smallest absolute Gasteiger partial charge is 0.251 e. The molecule has 3 saturated heterocycles. The predicted molar refractivity (Wildman–Crippen MR) is 288 cm³/mol. The normalized spacial score (nSPS) is 27.6. The molecular formula is C56H79N8O15+. The van der Waals surface area contributed by atoms with Gasteiger partial charge < -0.3 is 81.0 Å². The molecule has 3 aromatic carbocycles. The zero-order valence-electron chi connectivity index (χ0n) is 45.9. The lowest BCUT2D eigenvalue weighted by Crippen LogP contribution is -2.62. The predicted octanol–water partition coefficient (Wildman–Crippen LogP) is -1.00. The van der Waals surface area contributed by atoms with Crippen LogP contribution in [0.5, 0.6) is 5.75 Å². The molecule has 6 rings (SSSR count). The molecule has 3 heterocycles. The molecule has 79 heavy (non-hydrogen) atoms. The van der Waals surface area contributed by atoms with E-state index in [4.69, 9.17) is 9.47 Å². The molecule has 3 fully saturated rings. The maximum atomic E-state index is 14.6. The lowest BCUT2D eigenvalue weighted by Gasteiger charge is -2.34. The number of carbonyl (C=O) groups is 7. The quantitative estimate of drug-likeness (QED) is 0.0606. The number of quaternary nitrogens is 1. The fourth-order valence-corrected chi connectivity index (χ4v) is 9.68. The molecule has 23 nitrogen and oxygen atoms in total. The Morgan fingerprint density at radius 3 is 1.78 bits per heavy atom. The van der Waals surface area contributed by atoms with Crippen LogP contribution in [0.15, 0.2) is 72.8 Å². The number of nitrogens with zero attached hydrogens (tertiary/aromatic N) is 3. The molecule has 13 atom stereocenters. The molecule has 23 heteroatoms. The third kappa shape index (κ3) is 16.1. The van der Waals surface area contributed by atoms with Crippen molar-refractivity contribution in [2.24, 2.45) is 5.92 Å². The summed E-state index contributed by atoms with van der Waals surface area (Å²) in [4.78, 5) is 101. The van der Waals surface area contributed by atoms with Gasteiger partial charge in [0.05, 0.1) is 65.4 Å². The van der Waals surface area contributed by atoms with Gasteiger partial charge >= 0.3 is 0 Å². The van der Waals surface area contributed by atoms with Gasteiger partial charge in [0, 0.05) is 37.4 Å². The Balaban J connectivity index is 1.32. The first kappa shape index (κ1) is 61.6. The maximum absolute atomic E-state index is 14.6. The van der Waals surface area contributed by atoms with Gasteiger partial charge in [-0.3, -0.25) is 33.6 Å². The van der Waals surface area contributed by atoms with Crippen molar-refractivity contribution < 1.29 is 78.2 Å². The Kier molecular flexibility index (Phi) is 21.5. The molecular weight excluding hydrogens is 1020 g/mol. The summed E-state index contributed by atoms with van der Waals surface area (Å²) < 4.78 is 12.3. The van der Waals surface area contributed by atoms with Crippen LogP contribution in [0.4, 0.5) is 0 Å². The van der Waals surface area contributed by atoms with E-state index in [1.165, 1.54) is 26.0 Å². The van der Waals surface area contributed by atoms with Gasteiger partial charge in [-0.05, 0) is 66.8 Å². The summed E-state index contributed by atoms with van der Waals surface area (Å²) in [7, 11) is 5.57. The van der Waals surface area contributed by atoms with E-state index in [9.17, 15) is 64.2 Å². The molecule has 3 aliphatic heterocycles. The fraction of sp³-hybridized carbons (Fsp3) is 0.554. The minimum Gasteiger partial charge on any atom is -0.494 e. The third-order valence-electron chi connectivity index (χ3n) is 14.4. The lowest BCUT2D eigenvalue weighted by atomic mass is 9.99. The van der Waals surface area contributed by atoms with Crippen LogP contribution < -0.4 is 31.3 Å². The summed E-state index contributed by atoms with van der Waals surface area (Å²) in [5.41, 5.74) is 3.64. The van der Waals surface area contributed by atoms with Gasteiger partial charge in [0.2, 0.25) is 35.4 Å². The molecule has 0 bridgehead atoms. The first-order valence-corrected chi connectivity index (χ1v) is 26.9. The number of benzene rings is 3. The van der Waals surface area contributed by atoms with Gasteiger partial charge in [-0.1, -0.05) is 75.2 Å². The van der Waals surface area contributed by atoms with E-state index in [2.05, 4.69) is 33.5 Å². The van der Waals surface area contributed by atoms with E-state index in [0.717, 1.165) is 57.1 Å². The molecule has 11 N–H and O–H groups in total. The fourth-order valence-electron chi connectivity index (χ4n) is 9.68. The van der Waals surface area contributed by atoms with Crippen molar-refractivity contribution >= 4 is 41.4 Å². The second kappa shape index (κ2) is 27.5. The number of amides is 7. The van der Waals surface area contributed by atoms with Crippen molar-refractivity contribution in [2.45, 2.75) is 133 Å². The highest BCUT2D eigenvalue weighted by molar-refractivity contribution is 6.00. The van der Waals surface area contributed by atoms with Crippen LogP contribution >= 0.6 is 0 Å². The zero-order chi connectivity index (χ0) is 57.9. The van der Waals surface area contributed by atoms with E-state index in [1.807, 2.05) is 69.7 Å². The molecule has 0 aliphatic carbocycles. The largest absolute Gasteiger partial charge is 0.494 e. The molecule has 0 radical (unpaired) electrons. The second-order valence-electron chi connectivity index (χ2n) is 21.9. The summed E-state index contributed by atoms with van der Waals surface area (Å²) in [5, 5.41) is 78.7. The third-order valence-corrected chi connectivity index (χ3v) is 14.4. The van der Waals surface area contributed by atoms with E-state index < -0.39 is 140 Å². The van der Waals surface area contributed by atoms with Crippen molar-refractivity contribution in [2.75, 3.05) is 60.6 Å². The van der Waals surface area contributed by atoms with Crippen LogP contribution in [0.2, 0.25) is 0 Å². The van der Waals surface area contributed by atoms with Gasteiger partial charge in [0.15, 0.2) is 6.23 Å². The highest BCUT2D eigenvalue weighted by atomic mass is 16.5. The van der Waals surface area contributed by atoms with Crippen molar-refractivity contribution in [3.8, 4) is 28.0 Å². The highest BCUT2D eigenvalue weighted by Crippen LogP contribution is 2.29. The number of unbranched alkanes of at least 4 members (excludes halogenated alkanes) is 2. The number of ether oxygens (including phenoxy) is 2. The van der Waals surface area contributed by atoms with Gasteiger partial charge in [0.25, 0.3) is 5.91 Å². The number of likely N-dealkylation sites (N-methyl/N-ethyl adjacent to an activating group) is 1. The highest BCUT2D eigenvalue weighted by Gasteiger charge is 2.49. The maximum Gasteiger partial charge on any atom is 0.251 e. The average molecular weight is 1100 g/mol. The first-order chi connectivity index (χ1) is 37.4. The second-order valence-corrected chi connectivity index (χ2v) is 21.9. The molecule has 0 saturated carbocycles. The van der Waals surface area contributed by atoms with Crippen molar-refractivity contribution in [3.63, 3.8) is 0 Å². The minimum absolute atomic E-state index is 0.0767. The molecule has 7 amide bonds. The Labute approximate surface area is 460 Å². The number of aliphatic hydroxyl groups is 6. The van der Waals surface area contributed by atoms with Crippen LogP contribution in [0.25, 0.3) is 22.3 Å². The number of aliphatic hydroxyl groups excluding tert-OH is 6. The number of hydrogen-bond acceptors (Lipinski definition) is 15. The van der Waals surface area contributed by atoms with Crippen LogP contribution in [-0.4, -0.2) is 220 Å². The summed E-state index contributed by atoms with van der Waals surface area (Å²) in [6.07, 6.45) is -7.61. The lowest BCUT2D eigenvalue weighted by molar-refractivity contribution is -0.870. The monoisotopic (exact) mass is 1100 g/mol. The number of carbonyl (C=O) groups excluding carboxylic acids is 7. The number of rotatable bonds is 16. The van der Waals surface area contributed by atoms with Gasteiger partial charge in [-0.25, -0.2) is 0 Å². The molecule has 432 valence electrons. The summed E-state index contributed by atoms with van der Waals surface area (Å²) in [6, 6.07) is 11.7. The van der Waals surface area contributed by atoms with Crippen LogP contribution in [0.3, 0.4) is 0 Å². The Morgan fingerprint density at radius 1 is 0.696 bits per heavy atom. The Morgan fingerprint density at radius 2 is 1.24 bits per heavy atom. The number of hydrogen-bond donors (Lipinski definition) is 11. The standard InChI is InChI=1S/C56H78N8O15/c1-8-9-10-24-78-40-21-19-37(20-22-40)35-13-11-34(12-14-35)36-15-17-38(18-16-36)49(71)57-41-27-44(69)54(79-25-23-64(5,6)7)61-53(75)47-48(70)31(2)28-63(47)56(77)46(33(4)67)60-51(73)42(30-65)58-52(74)43-26-39(68)29-62(43)55(76)45(32(3)66)59-50(41)72/h11-22,31-33,39,41-48,54,65-70H,8-10,23-30H2,1-7H3,(H4-,57,58,59,60,61,71,72,73,74,75)/p+1. The number of nitrogens with one attached hydrogen (secondary N) is 5. The summed E-state index contributed by atoms with van der Waals surface area (Å²) >= 11 is 0. The molecule has 0 aromatic heterocycles. The van der Waals surface area contributed by atoms with Crippen LogP contribution in [0.1, 0.15) is 70.2 Å². The van der Waals surface area contributed by atoms with Gasteiger partial charge in [0.1, 0.15) is 54.6 Å². The average Bonchev–Trinajstić information content (AvgIpc) is 4.11. The molecule has 13 unspecified atom stereocenters. The van der Waals surface area contributed by atoms with Crippen molar-refractivity contribution in [1.29, 1.82) is 0 Å².